The minimum absolute atomic E-state index is 0.0172. The molecule has 2 heterocycles. The van der Waals surface area contributed by atoms with Crippen molar-refractivity contribution >= 4 is 5.69 Å². The highest BCUT2D eigenvalue weighted by molar-refractivity contribution is 5.67. The molecule has 0 bridgehead atoms. The van der Waals surface area contributed by atoms with E-state index >= 15 is 0 Å². The standard InChI is InChI=1S/C13H14N4O3/c18-17(19)11-7-2-1-5-9(11)12-15-13(20-16-12)10-6-3-4-8-14-10/h1-2,5,7,10,14H,3-4,6,8H2/t10-/m0/s1. The topological polar surface area (TPSA) is 94.1 Å². The molecule has 1 fully saturated rings. The lowest BCUT2D eigenvalue weighted by atomic mass is 10.1. The van der Waals surface area contributed by atoms with Crippen LogP contribution in [0.15, 0.2) is 28.8 Å². The van der Waals surface area contributed by atoms with Crippen molar-refractivity contribution in [3.05, 3.63) is 40.3 Å². The van der Waals surface area contributed by atoms with Crippen molar-refractivity contribution in [3.63, 3.8) is 0 Å². The van der Waals surface area contributed by atoms with E-state index < -0.39 is 4.92 Å². The fourth-order valence-electron chi connectivity index (χ4n) is 2.37. The van der Waals surface area contributed by atoms with Crippen molar-refractivity contribution in [2.24, 2.45) is 0 Å². The number of nitro groups is 1. The summed E-state index contributed by atoms with van der Waals surface area (Å²) in [6.07, 6.45) is 3.20. The van der Waals surface area contributed by atoms with Crippen molar-refractivity contribution in [2.75, 3.05) is 6.54 Å². The summed E-state index contributed by atoms with van der Waals surface area (Å²) in [6.45, 7) is 0.924. The molecule has 104 valence electrons. The van der Waals surface area contributed by atoms with Gasteiger partial charge in [-0.25, -0.2) is 0 Å². The molecule has 0 saturated carbocycles. The molecule has 1 saturated heterocycles. The summed E-state index contributed by atoms with van der Waals surface area (Å²) in [5.74, 6) is 0.762. The van der Waals surface area contributed by atoms with Gasteiger partial charge in [0.05, 0.1) is 11.0 Å². The Morgan fingerprint density at radius 2 is 2.20 bits per heavy atom. The number of nitrogens with one attached hydrogen (secondary N) is 1. The van der Waals surface area contributed by atoms with Gasteiger partial charge in [0.25, 0.3) is 5.69 Å². The largest absolute Gasteiger partial charge is 0.337 e. The number of piperidine rings is 1. The van der Waals surface area contributed by atoms with Gasteiger partial charge in [-0.05, 0) is 25.5 Å². The van der Waals surface area contributed by atoms with Crippen molar-refractivity contribution < 1.29 is 9.45 Å². The zero-order valence-electron chi connectivity index (χ0n) is 10.8. The van der Waals surface area contributed by atoms with E-state index in [0.29, 0.717) is 11.5 Å². The quantitative estimate of drug-likeness (QED) is 0.682. The van der Waals surface area contributed by atoms with Crippen LogP contribution in [0.2, 0.25) is 0 Å². The zero-order chi connectivity index (χ0) is 13.9. The highest BCUT2D eigenvalue weighted by Gasteiger charge is 2.24. The number of hydrogen-bond acceptors (Lipinski definition) is 6. The first kappa shape index (κ1) is 12.7. The van der Waals surface area contributed by atoms with Gasteiger partial charge in [0, 0.05) is 6.07 Å². The van der Waals surface area contributed by atoms with E-state index in [1.165, 1.54) is 6.07 Å². The third-order valence-electron chi connectivity index (χ3n) is 3.39. The van der Waals surface area contributed by atoms with Gasteiger partial charge in [0.2, 0.25) is 11.7 Å². The fraction of sp³-hybridized carbons (Fsp3) is 0.385. The van der Waals surface area contributed by atoms with Crippen LogP contribution in [0.1, 0.15) is 31.2 Å². The van der Waals surface area contributed by atoms with Crippen molar-refractivity contribution in [2.45, 2.75) is 25.3 Å². The summed E-state index contributed by atoms with van der Waals surface area (Å²) in [4.78, 5) is 14.9. The van der Waals surface area contributed by atoms with E-state index in [4.69, 9.17) is 4.52 Å². The minimum Gasteiger partial charge on any atom is -0.337 e. The second kappa shape index (κ2) is 5.38. The number of aromatic nitrogens is 2. The van der Waals surface area contributed by atoms with Gasteiger partial charge < -0.3 is 9.84 Å². The molecule has 1 aliphatic rings. The van der Waals surface area contributed by atoms with E-state index in [2.05, 4.69) is 15.5 Å². The number of hydrogen-bond donors (Lipinski definition) is 1. The molecule has 1 N–H and O–H groups in total. The molecule has 2 aromatic rings. The average molecular weight is 274 g/mol. The second-order valence-corrected chi connectivity index (χ2v) is 4.73. The molecule has 1 aromatic heterocycles. The van der Waals surface area contributed by atoms with Crippen LogP contribution in [0, 0.1) is 10.1 Å². The molecule has 20 heavy (non-hydrogen) atoms. The molecular formula is C13H14N4O3. The summed E-state index contributed by atoms with van der Waals surface area (Å²) < 4.78 is 5.25. The van der Waals surface area contributed by atoms with E-state index in [0.717, 1.165) is 25.8 Å². The maximum atomic E-state index is 11.0. The molecule has 0 radical (unpaired) electrons. The smallest absolute Gasteiger partial charge is 0.280 e. The first-order chi connectivity index (χ1) is 9.75. The summed E-state index contributed by atoms with van der Waals surface area (Å²) in [6, 6.07) is 6.45. The highest BCUT2D eigenvalue weighted by atomic mass is 16.6. The zero-order valence-corrected chi connectivity index (χ0v) is 10.8. The van der Waals surface area contributed by atoms with Gasteiger partial charge in [-0.1, -0.05) is 23.7 Å². The Labute approximate surface area is 115 Å². The van der Waals surface area contributed by atoms with Gasteiger partial charge in [-0.3, -0.25) is 10.1 Å². The lowest BCUT2D eigenvalue weighted by Gasteiger charge is -2.19. The fourth-order valence-corrected chi connectivity index (χ4v) is 2.37. The Balaban J connectivity index is 1.92. The Morgan fingerprint density at radius 3 is 2.95 bits per heavy atom. The van der Waals surface area contributed by atoms with Gasteiger partial charge in [0.1, 0.15) is 5.56 Å². The Morgan fingerprint density at radius 1 is 1.35 bits per heavy atom. The normalized spacial score (nSPS) is 18.9. The number of nitrogens with zero attached hydrogens (tertiary/aromatic N) is 3. The summed E-state index contributed by atoms with van der Waals surface area (Å²) in [5, 5.41) is 18.2. The maximum Gasteiger partial charge on any atom is 0.280 e. The van der Waals surface area contributed by atoms with Gasteiger partial charge in [-0.15, -0.1) is 0 Å². The summed E-state index contributed by atoms with van der Waals surface area (Å²) >= 11 is 0. The minimum atomic E-state index is -0.440. The third-order valence-corrected chi connectivity index (χ3v) is 3.39. The predicted molar refractivity (Wildman–Crippen MR) is 71.0 cm³/mol. The molecular weight excluding hydrogens is 260 g/mol. The van der Waals surface area contributed by atoms with E-state index in [-0.39, 0.29) is 17.6 Å². The molecule has 0 unspecified atom stereocenters. The van der Waals surface area contributed by atoms with Crippen LogP contribution in [-0.2, 0) is 0 Å². The lowest BCUT2D eigenvalue weighted by Crippen LogP contribution is -2.26. The van der Waals surface area contributed by atoms with Crippen molar-refractivity contribution in [1.29, 1.82) is 0 Å². The maximum absolute atomic E-state index is 11.0. The first-order valence-electron chi connectivity index (χ1n) is 6.56. The third kappa shape index (κ3) is 2.39. The molecule has 1 atom stereocenters. The summed E-state index contributed by atoms with van der Waals surface area (Å²) in [7, 11) is 0. The van der Waals surface area contributed by atoms with Crippen LogP contribution in [0.3, 0.4) is 0 Å². The SMILES string of the molecule is O=[N+]([O-])c1ccccc1-c1noc([C@@H]2CCCCN2)n1. The number of para-hydroxylation sites is 1. The summed E-state index contributed by atoms with van der Waals surface area (Å²) in [5.41, 5.74) is 0.361. The molecule has 0 amide bonds. The number of benzene rings is 1. The van der Waals surface area contributed by atoms with Gasteiger partial charge in [0.15, 0.2) is 0 Å². The van der Waals surface area contributed by atoms with Crippen molar-refractivity contribution in [3.8, 4) is 11.4 Å². The highest BCUT2D eigenvalue weighted by Crippen LogP contribution is 2.29. The van der Waals surface area contributed by atoms with Crippen LogP contribution in [-0.4, -0.2) is 21.6 Å². The monoisotopic (exact) mass is 274 g/mol. The Bertz CT molecular complexity index is 620. The van der Waals surface area contributed by atoms with Crippen LogP contribution in [0.25, 0.3) is 11.4 Å². The van der Waals surface area contributed by atoms with Gasteiger partial charge in [-0.2, -0.15) is 4.98 Å². The van der Waals surface area contributed by atoms with E-state index in [1.54, 1.807) is 18.2 Å². The molecule has 1 aliphatic heterocycles. The van der Waals surface area contributed by atoms with Gasteiger partial charge >= 0.3 is 0 Å². The molecule has 0 aliphatic carbocycles. The molecule has 0 spiro atoms. The molecule has 3 rings (SSSR count). The average Bonchev–Trinajstić information content (AvgIpc) is 2.98. The van der Waals surface area contributed by atoms with Crippen LogP contribution in [0.5, 0.6) is 0 Å². The van der Waals surface area contributed by atoms with Crippen LogP contribution in [0.4, 0.5) is 5.69 Å². The van der Waals surface area contributed by atoms with Crippen LogP contribution >= 0.6 is 0 Å². The first-order valence-corrected chi connectivity index (χ1v) is 6.56. The van der Waals surface area contributed by atoms with E-state index in [1.807, 2.05) is 0 Å². The predicted octanol–water partition coefficient (Wildman–Crippen LogP) is 2.46. The lowest BCUT2D eigenvalue weighted by molar-refractivity contribution is -0.384. The van der Waals surface area contributed by atoms with Crippen molar-refractivity contribution in [1.82, 2.24) is 15.5 Å². The Kier molecular flexibility index (Phi) is 3.42. The number of rotatable bonds is 3. The Hall–Kier alpha value is -2.28. The molecule has 1 aromatic carbocycles. The number of nitro benzene ring substituents is 1. The molecule has 7 heteroatoms. The molecule has 7 nitrogen and oxygen atoms in total. The van der Waals surface area contributed by atoms with E-state index in [9.17, 15) is 10.1 Å². The second-order valence-electron chi connectivity index (χ2n) is 4.73. The van der Waals surface area contributed by atoms with Crippen LogP contribution < -0.4 is 5.32 Å².